The van der Waals surface area contributed by atoms with Crippen molar-refractivity contribution < 1.29 is 26.4 Å². The van der Waals surface area contributed by atoms with Crippen LogP contribution in [0.1, 0.15) is 12.5 Å². The summed E-state index contributed by atoms with van der Waals surface area (Å²) in [4.78, 5) is 10.5. The van der Waals surface area contributed by atoms with Crippen molar-refractivity contribution in [2.24, 2.45) is 0 Å². The highest BCUT2D eigenvalue weighted by molar-refractivity contribution is 7.93. The van der Waals surface area contributed by atoms with Crippen molar-refractivity contribution in [3.05, 3.63) is 23.8 Å². The average molecular weight is 279 g/mol. The summed E-state index contributed by atoms with van der Waals surface area (Å²) in [5, 5.41) is 0.626. The summed E-state index contributed by atoms with van der Waals surface area (Å²) < 4.78 is 62.1. The van der Waals surface area contributed by atoms with Gasteiger partial charge in [-0.2, -0.15) is 13.2 Å². The van der Waals surface area contributed by atoms with Crippen LogP contribution in [0.5, 0.6) is 0 Å². The van der Waals surface area contributed by atoms with Crippen molar-refractivity contribution in [1.82, 2.24) is 0 Å². The SMILES string of the molecule is CC1C(=O)Nc2cccc(C(F)(F)F)c2S1(=O)=O. The van der Waals surface area contributed by atoms with E-state index in [1.807, 2.05) is 0 Å². The quantitative estimate of drug-likeness (QED) is 0.788. The number of sulfone groups is 1. The lowest BCUT2D eigenvalue weighted by molar-refractivity contribution is -0.140. The topological polar surface area (TPSA) is 63.2 Å². The first-order valence-corrected chi connectivity index (χ1v) is 6.45. The molecule has 0 radical (unpaired) electrons. The Morgan fingerprint density at radius 3 is 2.44 bits per heavy atom. The number of halogens is 3. The average Bonchev–Trinajstić information content (AvgIpc) is 2.24. The van der Waals surface area contributed by atoms with Gasteiger partial charge in [0.2, 0.25) is 5.91 Å². The molecule has 8 heteroatoms. The molecule has 1 N–H and O–H groups in total. The van der Waals surface area contributed by atoms with E-state index in [1.54, 1.807) is 0 Å². The molecular formula is C10H8F3NO3S. The van der Waals surface area contributed by atoms with Crippen LogP contribution in [0, 0.1) is 0 Å². The third-order valence-corrected chi connectivity index (χ3v) is 4.85. The van der Waals surface area contributed by atoms with E-state index >= 15 is 0 Å². The van der Waals surface area contributed by atoms with Crippen LogP contribution in [0.25, 0.3) is 0 Å². The molecule has 0 spiro atoms. The number of amides is 1. The number of rotatable bonds is 0. The van der Waals surface area contributed by atoms with Gasteiger partial charge in [-0.3, -0.25) is 4.79 Å². The highest BCUT2D eigenvalue weighted by atomic mass is 32.2. The van der Waals surface area contributed by atoms with Crippen LogP contribution in [0.2, 0.25) is 0 Å². The zero-order chi connectivity index (χ0) is 13.7. The Hall–Kier alpha value is -1.57. The van der Waals surface area contributed by atoms with E-state index in [0.717, 1.165) is 19.1 Å². The Kier molecular flexibility index (Phi) is 2.65. The number of hydrogen-bond acceptors (Lipinski definition) is 3. The molecule has 0 bridgehead atoms. The number of carbonyl (C=O) groups excluding carboxylic acids is 1. The van der Waals surface area contributed by atoms with Gasteiger partial charge >= 0.3 is 6.18 Å². The van der Waals surface area contributed by atoms with Crippen molar-refractivity contribution >= 4 is 21.4 Å². The minimum Gasteiger partial charge on any atom is -0.324 e. The number of carbonyl (C=O) groups is 1. The fraction of sp³-hybridized carbons (Fsp3) is 0.300. The van der Waals surface area contributed by atoms with E-state index in [-0.39, 0.29) is 5.69 Å². The van der Waals surface area contributed by atoms with Gasteiger partial charge in [-0.05, 0) is 19.1 Å². The lowest BCUT2D eigenvalue weighted by atomic mass is 10.2. The predicted molar refractivity (Wildman–Crippen MR) is 56.7 cm³/mol. The Balaban J connectivity index is 2.82. The maximum atomic E-state index is 12.8. The normalized spacial score (nSPS) is 22.2. The molecule has 0 saturated heterocycles. The van der Waals surface area contributed by atoms with Gasteiger partial charge in [0.1, 0.15) is 10.1 Å². The number of benzene rings is 1. The van der Waals surface area contributed by atoms with Crippen molar-refractivity contribution in [2.45, 2.75) is 23.2 Å². The highest BCUT2D eigenvalue weighted by Gasteiger charge is 2.44. The molecule has 2 rings (SSSR count). The second-order valence-corrected chi connectivity index (χ2v) is 6.06. The summed E-state index contributed by atoms with van der Waals surface area (Å²) in [5.74, 6) is -0.832. The van der Waals surface area contributed by atoms with Crippen molar-refractivity contribution in [2.75, 3.05) is 5.32 Å². The molecule has 1 heterocycles. The van der Waals surface area contributed by atoms with Crippen LogP contribution in [0.3, 0.4) is 0 Å². The first-order valence-electron chi connectivity index (χ1n) is 4.90. The first kappa shape index (κ1) is 12.9. The molecule has 1 atom stereocenters. The molecule has 98 valence electrons. The fourth-order valence-electron chi connectivity index (χ4n) is 1.72. The van der Waals surface area contributed by atoms with Gasteiger partial charge in [0, 0.05) is 0 Å². The van der Waals surface area contributed by atoms with E-state index in [2.05, 4.69) is 5.32 Å². The van der Waals surface area contributed by atoms with E-state index in [0.29, 0.717) is 6.07 Å². The van der Waals surface area contributed by atoms with Gasteiger partial charge in [0.05, 0.1) is 11.3 Å². The third kappa shape index (κ3) is 1.76. The first-order chi connectivity index (χ1) is 8.15. The van der Waals surface area contributed by atoms with Gasteiger partial charge in [-0.1, -0.05) is 6.07 Å². The Morgan fingerprint density at radius 1 is 1.28 bits per heavy atom. The number of hydrogen-bond donors (Lipinski definition) is 1. The minimum absolute atomic E-state index is 0.326. The predicted octanol–water partition coefficient (Wildman–Crippen LogP) is 1.82. The number of alkyl halides is 3. The molecule has 1 aliphatic rings. The van der Waals surface area contributed by atoms with E-state index in [1.165, 1.54) is 0 Å². The van der Waals surface area contributed by atoms with Crippen LogP contribution in [-0.2, 0) is 20.8 Å². The molecule has 1 unspecified atom stereocenters. The smallest absolute Gasteiger partial charge is 0.324 e. The summed E-state index contributed by atoms with van der Waals surface area (Å²) in [5.41, 5.74) is -1.58. The Morgan fingerprint density at radius 2 is 1.89 bits per heavy atom. The summed E-state index contributed by atoms with van der Waals surface area (Å²) in [6.07, 6.45) is -4.79. The molecule has 4 nitrogen and oxygen atoms in total. The Bertz CT molecular complexity index is 622. The van der Waals surface area contributed by atoms with Crippen molar-refractivity contribution in [3.8, 4) is 0 Å². The molecule has 0 aromatic heterocycles. The zero-order valence-corrected chi connectivity index (χ0v) is 9.89. The zero-order valence-electron chi connectivity index (χ0n) is 9.08. The second-order valence-electron chi connectivity index (χ2n) is 3.86. The largest absolute Gasteiger partial charge is 0.417 e. The van der Waals surface area contributed by atoms with E-state index in [9.17, 15) is 26.4 Å². The fourth-order valence-corrected chi connectivity index (χ4v) is 3.33. The second kappa shape index (κ2) is 3.71. The molecule has 1 aromatic carbocycles. The maximum absolute atomic E-state index is 12.8. The summed E-state index contributed by atoms with van der Waals surface area (Å²) in [6, 6.07) is 2.86. The lowest BCUT2D eigenvalue weighted by Gasteiger charge is -2.25. The van der Waals surface area contributed by atoms with Crippen LogP contribution >= 0.6 is 0 Å². The molecule has 0 aliphatic carbocycles. The molecule has 1 aromatic rings. The van der Waals surface area contributed by atoms with Gasteiger partial charge in [-0.15, -0.1) is 0 Å². The molecular weight excluding hydrogens is 271 g/mol. The molecule has 1 amide bonds. The molecule has 0 saturated carbocycles. The lowest BCUT2D eigenvalue weighted by Crippen LogP contribution is -2.38. The number of nitrogens with one attached hydrogen (secondary N) is 1. The van der Waals surface area contributed by atoms with Crippen molar-refractivity contribution in [1.29, 1.82) is 0 Å². The van der Waals surface area contributed by atoms with Gasteiger partial charge in [0.15, 0.2) is 9.84 Å². The standard InChI is InChI=1S/C10H8F3NO3S/c1-5-9(15)14-7-4-2-3-6(10(11,12)13)8(7)18(5,16)17/h2-5H,1H3,(H,14,15). The summed E-state index contributed by atoms with van der Waals surface area (Å²) in [7, 11) is -4.32. The molecule has 18 heavy (non-hydrogen) atoms. The van der Waals surface area contributed by atoms with Crippen molar-refractivity contribution in [3.63, 3.8) is 0 Å². The van der Waals surface area contributed by atoms with Crippen LogP contribution in [-0.4, -0.2) is 19.6 Å². The number of fused-ring (bicyclic) bond motifs is 1. The summed E-state index contributed by atoms with van der Waals surface area (Å²) >= 11 is 0. The Labute approximate surface area is 101 Å². The van der Waals surface area contributed by atoms with Gasteiger partial charge < -0.3 is 5.32 Å². The molecule has 0 fully saturated rings. The third-order valence-electron chi connectivity index (χ3n) is 2.70. The summed E-state index contributed by atoms with van der Waals surface area (Å²) in [6.45, 7) is 1.06. The van der Waals surface area contributed by atoms with Gasteiger partial charge in [0.25, 0.3) is 0 Å². The van der Waals surface area contributed by atoms with Gasteiger partial charge in [-0.25, -0.2) is 8.42 Å². The monoisotopic (exact) mass is 279 g/mol. The maximum Gasteiger partial charge on any atom is 0.417 e. The van der Waals surface area contributed by atoms with E-state index < -0.39 is 37.6 Å². The highest BCUT2D eigenvalue weighted by Crippen LogP contribution is 2.41. The minimum atomic E-state index is -4.79. The van der Waals surface area contributed by atoms with Crippen LogP contribution in [0.15, 0.2) is 23.1 Å². The van der Waals surface area contributed by atoms with Crippen LogP contribution < -0.4 is 5.32 Å². The van der Waals surface area contributed by atoms with E-state index in [4.69, 9.17) is 0 Å². The number of anilines is 1. The van der Waals surface area contributed by atoms with Crippen LogP contribution in [0.4, 0.5) is 18.9 Å². The molecule has 1 aliphatic heterocycles.